The van der Waals surface area contributed by atoms with Crippen LogP contribution in [-0.2, 0) is 16.0 Å². The van der Waals surface area contributed by atoms with Crippen LogP contribution < -0.4 is 0 Å². The maximum atomic E-state index is 12.2. The van der Waals surface area contributed by atoms with Gasteiger partial charge in [0.25, 0.3) is 0 Å². The van der Waals surface area contributed by atoms with Gasteiger partial charge >= 0.3 is 5.97 Å². The van der Waals surface area contributed by atoms with E-state index in [4.69, 9.17) is 0 Å². The van der Waals surface area contributed by atoms with Crippen LogP contribution in [0.15, 0.2) is 12.3 Å². The second kappa shape index (κ2) is 5.62. The zero-order valence-electron chi connectivity index (χ0n) is 12.3. The summed E-state index contributed by atoms with van der Waals surface area (Å²) in [6.07, 6.45) is 9.37. The number of carboxylic acids is 1. The van der Waals surface area contributed by atoms with E-state index in [1.807, 2.05) is 16.9 Å². The number of carbonyl (C=O) groups is 2. The molecule has 1 heterocycles. The monoisotopic (exact) mass is 290 g/mol. The second-order valence-electron chi connectivity index (χ2n) is 6.42. The van der Waals surface area contributed by atoms with Crippen molar-refractivity contribution >= 4 is 11.8 Å². The molecule has 114 valence electrons. The van der Waals surface area contributed by atoms with Crippen LogP contribution >= 0.6 is 0 Å². The number of Topliss-reactive ketones (excluding diaryl/α,β-unsaturated/α-hetero) is 1. The van der Waals surface area contributed by atoms with Gasteiger partial charge in [-0.3, -0.25) is 14.3 Å². The number of nitrogens with zero attached hydrogens (tertiary/aromatic N) is 2. The summed E-state index contributed by atoms with van der Waals surface area (Å²) < 4.78 is 1.96. The van der Waals surface area contributed by atoms with E-state index in [0.29, 0.717) is 18.9 Å². The molecule has 0 aromatic carbocycles. The molecule has 0 saturated heterocycles. The molecule has 0 spiro atoms. The molecule has 3 rings (SSSR count). The summed E-state index contributed by atoms with van der Waals surface area (Å²) in [5.41, 5.74) is -0.507. The Hall–Kier alpha value is -1.65. The third kappa shape index (κ3) is 2.61. The Labute approximate surface area is 124 Å². The fourth-order valence-corrected chi connectivity index (χ4v) is 3.73. The predicted octanol–water partition coefficient (Wildman–Crippen LogP) is 2.75. The number of rotatable bonds is 4. The third-order valence-electron chi connectivity index (χ3n) is 5.05. The Bertz CT molecular complexity index is 545. The van der Waals surface area contributed by atoms with Gasteiger partial charge in [0.2, 0.25) is 0 Å². The Balaban J connectivity index is 1.80. The van der Waals surface area contributed by atoms with Crippen molar-refractivity contribution in [2.45, 2.75) is 63.8 Å². The van der Waals surface area contributed by atoms with Gasteiger partial charge in [-0.05, 0) is 31.7 Å². The number of hydrogen-bond acceptors (Lipinski definition) is 3. The van der Waals surface area contributed by atoms with Crippen molar-refractivity contribution in [1.82, 2.24) is 9.78 Å². The van der Waals surface area contributed by atoms with E-state index < -0.39 is 11.4 Å². The second-order valence-corrected chi connectivity index (χ2v) is 6.42. The summed E-state index contributed by atoms with van der Waals surface area (Å²) in [5, 5.41) is 14.1. The topological polar surface area (TPSA) is 72.2 Å². The quantitative estimate of drug-likeness (QED) is 0.865. The molecule has 0 aliphatic heterocycles. The molecule has 1 aromatic rings. The molecule has 5 nitrogen and oxygen atoms in total. The first-order chi connectivity index (χ1) is 10.1. The van der Waals surface area contributed by atoms with Crippen molar-refractivity contribution in [2.75, 3.05) is 0 Å². The normalized spacial score (nSPS) is 27.1. The van der Waals surface area contributed by atoms with Gasteiger partial charge < -0.3 is 5.11 Å². The van der Waals surface area contributed by atoms with E-state index in [1.165, 1.54) is 12.8 Å². The molecular formula is C16H22N2O3. The van der Waals surface area contributed by atoms with E-state index in [-0.39, 0.29) is 12.2 Å². The molecule has 2 aliphatic rings. The summed E-state index contributed by atoms with van der Waals surface area (Å²) in [7, 11) is 0. The molecule has 21 heavy (non-hydrogen) atoms. The molecule has 2 saturated carbocycles. The highest BCUT2D eigenvalue weighted by Gasteiger charge is 2.47. The van der Waals surface area contributed by atoms with Crippen molar-refractivity contribution in [1.29, 1.82) is 0 Å². The molecule has 1 atom stereocenters. The summed E-state index contributed by atoms with van der Waals surface area (Å²) in [6, 6.07) is 2.33. The highest BCUT2D eigenvalue weighted by atomic mass is 16.4. The third-order valence-corrected chi connectivity index (χ3v) is 5.05. The van der Waals surface area contributed by atoms with Crippen molar-refractivity contribution < 1.29 is 14.7 Å². The molecule has 0 bridgehead atoms. The lowest BCUT2D eigenvalue weighted by Gasteiger charge is -2.30. The average molecular weight is 290 g/mol. The van der Waals surface area contributed by atoms with Crippen LogP contribution in [0.5, 0.6) is 0 Å². The van der Waals surface area contributed by atoms with Gasteiger partial charge in [-0.2, -0.15) is 5.10 Å². The van der Waals surface area contributed by atoms with Crippen molar-refractivity contribution in [3.63, 3.8) is 0 Å². The summed E-state index contributed by atoms with van der Waals surface area (Å²) in [5.74, 6) is -1.11. The summed E-state index contributed by atoms with van der Waals surface area (Å²) in [4.78, 5) is 23.9. The molecule has 1 unspecified atom stereocenters. The number of carbonyl (C=O) groups excluding carboxylic acids is 1. The largest absolute Gasteiger partial charge is 0.480 e. The van der Waals surface area contributed by atoms with E-state index in [1.54, 1.807) is 0 Å². The SMILES string of the molecule is O=C(O)C1(Cc2ccn(C3CCCC3)n2)CCCCC1=O. The van der Waals surface area contributed by atoms with E-state index >= 15 is 0 Å². The van der Waals surface area contributed by atoms with Crippen molar-refractivity contribution in [3.05, 3.63) is 18.0 Å². The van der Waals surface area contributed by atoms with Crippen molar-refractivity contribution in [3.8, 4) is 0 Å². The van der Waals surface area contributed by atoms with Crippen LogP contribution in [0.4, 0.5) is 0 Å². The molecule has 1 N–H and O–H groups in total. The van der Waals surface area contributed by atoms with Gasteiger partial charge in [0.05, 0.1) is 11.7 Å². The minimum Gasteiger partial charge on any atom is -0.480 e. The van der Waals surface area contributed by atoms with E-state index in [2.05, 4.69) is 5.10 Å². The Morgan fingerprint density at radius 2 is 2.10 bits per heavy atom. The van der Waals surface area contributed by atoms with Crippen LogP contribution in [0.3, 0.4) is 0 Å². The van der Waals surface area contributed by atoms with Crippen LogP contribution in [0.25, 0.3) is 0 Å². The van der Waals surface area contributed by atoms with Gasteiger partial charge in [0.15, 0.2) is 5.78 Å². The Morgan fingerprint density at radius 3 is 2.76 bits per heavy atom. The molecule has 2 fully saturated rings. The zero-order chi connectivity index (χ0) is 14.9. The van der Waals surface area contributed by atoms with Gasteiger partial charge in [0, 0.05) is 19.0 Å². The van der Waals surface area contributed by atoms with E-state index in [0.717, 1.165) is 31.4 Å². The lowest BCUT2D eigenvalue weighted by molar-refractivity contribution is -0.157. The molecule has 0 amide bonds. The van der Waals surface area contributed by atoms with Crippen LogP contribution in [0.1, 0.15) is 63.1 Å². The maximum absolute atomic E-state index is 12.2. The molecule has 1 aromatic heterocycles. The fourth-order valence-electron chi connectivity index (χ4n) is 3.73. The molecule has 5 heteroatoms. The molecule has 0 radical (unpaired) electrons. The van der Waals surface area contributed by atoms with Gasteiger partial charge in [-0.1, -0.05) is 19.3 Å². The minimum atomic E-state index is -1.24. The number of ketones is 1. The highest BCUT2D eigenvalue weighted by molar-refractivity contribution is 6.03. The van der Waals surface area contributed by atoms with Crippen molar-refractivity contribution in [2.24, 2.45) is 5.41 Å². The van der Waals surface area contributed by atoms with E-state index in [9.17, 15) is 14.7 Å². The first-order valence-electron chi connectivity index (χ1n) is 7.92. The Kier molecular flexibility index (Phi) is 3.83. The fraction of sp³-hybridized carbons (Fsp3) is 0.688. The van der Waals surface area contributed by atoms with Crippen LogP contribution in [0, 0.1) is 5.41 Å². The Morgan fingerprint density at radius 1 is 1.33 bits per heavy atom. The number of carboxylic acid groups (broad SMARTS) is 1. The predicted molar refractivity (Wildman–Crippen MR) is 77.0 cm³/mol. The average Bonchev–Trinajstić information content (AvgIpc) is 3.11. The summed E-state index contributed by atoms with van der Waals surface area (Å²) in [6.45, 7) is 0. The van der Waals surface area contributed by atoms with Gasteiger partial charge in [-0.25, -0.2) is 0 Å². The van der Waals surface area contributed by atoms with Crippen LogP contribution in [0.2, 0.25) is 0 Å². The number of aliphatic carboxylic acids is 1. The summed E-state index contributed by atoms with van der Waals surface area (Å²) >= 11 is 0. The first-order valence-corrected chi connectivity index (χ1v) is 7.92. The maximum Gasteiger partial charge on any atom is 0.317 e. The van der Waals surface area contributed by atoms with Gasteiger partial charge in [-0.15, -0.1) is 0 Å². The standard InChI is InChI=1S/C16H22N2O3/c19-14-7-3-4-9-16(14,15(20)21)11-12-8-10-18(17-12)13-5-1-2-6-13/h8,10,13H,1-7,9,11H2,(H,20,21). The molecular weight excluding hydrogens is 268 g/mol. The lowest BCUT2D eigenvalue weighted by Crippen LogP contribution is -2.43. The zero-order valence-corrected chi connectivity index (χ0v) is 12.3. The lowest BCUT2D eigenvalue weighted by atomic mass is 9.70. The minimum absolute atomic E-state index is 0.128. The van der Waals surface area contributed by atoms with Gasteiger partial charge in [0.1, 0.15) is 5.41 Å². The molecule has 2 aliphatic carbocycles. The smallest absolute Gasteiger partial charge is 0.317 e. The number of hydrogen-bond donors (Lipinski definition) is 1. The highest BCUT2D eigenvalue weighted by Crippen LogP contribution is 2.37. The number of aromatic nitrogens is 2. The first kappa shape index (κ1) is 14.3. The van der Waals surface area contributed by atoms with Crippen LogP contribution in [-0.4, -0.2) is 26.6 Å².